The summed E-state index contributed by atoms with van der Waals surface area (Å²) in [6, 6.07) is 9.58. The van der Waals surface area contributed by atoms with Crippen molar-refractivity contribution in [2.24, 2.45) is 0 Å². The van der Waals surface area contributed by atoms with Crippen LogP contribution in [-0.2, 0) is 6.42 Å². The van der Waals surface area contributed by atoms with Gasteiger partial charge in [0.1, 0.15) is 11.6 Å². The van der Waals surface area contributed by atoms with Crippen molar-refractivity contribution in [1.82, 2.24) is 0 Å². The molecule has 2 rings (SSSR count). The zero-order valence-corrected chi connectivity index (χ0v) is 10.8. The Hall–Kier alpha value is -1.78. The van der Waals surface area contributed by atoms with Crippen LogP contribution in [0.5, 0.6) is 11.5 Å². The molecule has 0 atom stereocenters. The smallest absolute Gasteiger partial charge is 0.153 e. The van der Waals surface area contributed by atoms with Crippen molar-refractivity contribution in [3.8, 4) is 11.5 Å². The van der Waals surface area contributed by atoms with E-state index in [1.54, 1.807) is 12.1 Å². The Kier molecular flexibility index (Phi) is 4.24. The van der Waals surface area contributed by atoms with Gasteiger partial charge in [0.25, 0.3) is 0 Å². The molecule has 2 aromatic rings. The standard InChI is InChI=1S/C14H13ClFNO2/c15-11-7-13(17)14(8-12(11)16)19-10-3-1-9(2-4-10)5-6-18/h1-4,7-8,18H,5-6,17H2. The Bertz CT molecular complexity index is 572. The Morgan fingerprint density at radius 2 is 1.89 bits per heavy atom. The largest absolute Gasteiger partial charge is 0.455 e. The number of nitrogen functional groups attached to an aromatic ring is 1. The van der Waals surface area contributed by atoms with Crippen molar-refractivity contribution in [2.75, 3.05) is 12.3 Å². The van der Waals surface area contributed by atoms with Gasteiger partial charge in [-0.1, -0.05) is 23.7 Å². The van der Waals surface area contributed by atoms with Crippen LogP contribution in [0.25, 0.3) is 0 Å². The molecule has 0 fully saturated rings. The van der Waals surface area contributed by atoms with E-state index in [2.05, 4.69) is 0 Å². The highest BCUT2D eigenvalue weighted by atomic mass is 35.5. The molecule has 19 heavy (non-hydrogen) atoms. The maximum Gasteiger partial charge on any atom is 0.153 e. The van der Waals surface area contributed by atoms with Crippen LogP contribution in [0.3, 0.4) is 0 Å². The fraction of sp³-hybridized carbons (Fsp3) is 0.143. The van der Waals surface area contributed by atoms with Gasteiger partial charge in [0.15, 0.2) is 5.75 Å². The molecule has 2 aromatic carbocycles. The molecule has 100 valence electrons. The molecular weight excluding hydrogens is 269 g/mol. The van der Waals surface area contributed by atoms with Gasteiger partial charge in [-0.15, -0.1) is 0 Å². The van der Waals surface area contributed by atoms with Gasteiger partial charge in [0, 0.05) is 12.7 Å². The van der Waals surface area contributed by atoms with E-state index < -0.39 is 5.82 Å². The third kappa shape index (κ3) is 3.36. The molecule has 3 nitrogen and oxygen atoms in total. The zero-order chi connectivity index (χ0) is 13.8. The van der Waals surface area contributed by atoms with Crippen molar-refractivity contribution >= 4 is 17.3 Å². The molecule has 0 aliphatic rings. The molecule has 0 saturated carbocycles. The van der Waals surface area contributed by atoms with Crippen LogP contribution in [-0.4, -0.2) is 11.7 Å². The first kappa shape index (κ1) is 13.6. The first-order chi connectivity index (χ1) is 9.10. The predicted octanol–water partition coefficient (Wildman–Crippen LogP) is 3.39. The van der Waals surface area contributed by atoms with E-state index in [1.807, 2.05) is 12.1 Å². The lowest BCUT2D eigenvalue weighted by Crippen LogP contribution is -1.94. The summed E-state index contributed by atoms with van der Waals surface area (Å²) in [7, 11) is 0. The topological polar surface area (TPSA) is 55.5 Å². The third-order valence-electron chi connectivity index (χ3n) is 2.60. The first-order valence-corrected chi connectivity index (χ1v) is 6.10. The van der Waals surface area contributed by atoms with Crippen molar-refractivity contribution in [3.05, 3.63) is 52.8 Å². The van der Waals surface area contributed by atoms with Crippen LogP contribution < -0.4 is 10.5 Å². The van der Waals surface area contributed by atoms with Gasteiger partial charge in [-0.3, -0.25) is 0 Å². The van der Waals surface area contributed by atoms with Gasteiger partial charge in [0.05, 0.1) is 10.7 Å². The van der Waals surface area contributed by atoms with Gasteiger partial charge in [0.2, 0.25) is 0 Å². The maximum atomic E-state index is 13.3. The summed E-state index contributed by atoms with van der Waals surface area (Å²) in [6.45, 7) is 0.0928. The highest BCUT2D eigenvalue weighted by Crippen LogP contribution is 2.31. The molecule has 0 aliphatic heterocycles. The number of aliphatic hydroxyl groups is 1. The number of rotatable bonds is 4. The number of hydrogen-bond acceptors (Lipinski definition) is 3. The lowest BCUT2D eigenvalue weighted by Gasteiger charge is -2.09. The Labute approximate surface area is 115 Å². The van der Waals surface area contributed by atoms with E-state index in [-0.39, 0.29) is 23.1 Å². The second-order valence-electron chi connectivity index (χ2n) is 4.02. The van der Waals surface area contributed by atoms with Gasteiger partial charge in [-0.2, -0.15) is 0 Å². The van der Waals surface area contributed by atoms with E-state index in [4.69, 9.17) is 27.2 Å². The molecule has 0 bridgehead atoms. The summed E-state index contributed by atoms with van der Waals surface area (Å²) in [5, 5.41) is 8.78. The van der Waals surface area contributed by atoms with Crippen LogP contribution in [0.15, 0.2) is 36.4 Å². The minimum atomic E-state index is -0.581. The molecule has 3 N–H and O–H groups in total. The number of hydrogen-bond donors (Lipinski definition) is 2. The summed E-state index contributed by atoms with van der Waals surface area (Å²) in [4.78, 5) is 0. The SMILES string of the molecule is Nc1cc(Cl)c(F)cc1Oc1ccc(CCO)cc1. The average molecular weight is 282 g/mol. The molecule has 0 amide bonds. The second kappa shape index (κ2) is 5.91. The highest BCUT2D eigenvalue weighted by molar-refractivity contribution is 6.31. The summed E-state index contributed by atoms with van der Waals surface area (Å²) in [6.07, 6.45) is 0.581. The minimum absolute atomic E-state index is 0.0388. The number of aliphatic hydroxyl groups excluding tert-OH is 1. The molecule has 0 saturated heterocycles. The van der Waals surface area contributed by atoms with E-state index in [9.17, 15) is 4.39 Å². The fourth-order valence-electron chi connectivity index (χ4n) is 1.61. The van der Waals surface area contributed by atoms with Gasteiger partial charge in [-0.05, 0) is 30.2 Å². The van der Waals surface area contributed by atoms with Crippen LogP contribution >= 0.6 is 11.6 Å². The van der Waals surface area contributed by atoms with Crippen molar-refractivity contribution < 1.29 is 14.2 Å². The lowest BCUT2D eigenvalue weighted by atomic mass is 10.1. The van der Waals surface area contributed by atoms with Gasteiger partial charge >= 0.3 is 0 Å². The molecule has 0 aromatic heterocycles. The summed E-state index contributed by atoms with van der Waals surface area (Å²) in [5.41, 5.74) is 6.97. The molecule has 0 aliphatic carbocycles. The summed E-state index contributed by atoms with van der Waals surface area (Å²) >= 11 is 5.61. The van der Waals surface area contributed by atoms with E-state index in [0.29, 0.717) is 12.2 Å². The molecule has 5 heteroatoms. The van der Waals surface area contributed by atoms with Crippen LogP contribution in [0.4, 0.5) is 10.1 Å². The van der Waals surface area contributed by atoms with Crippen molar-refractivity contribution in [3.63, 3.8) is 0 Å². The third-order valence-corrected chi connectivity index (χ3v) is 2.89. The zero-order valence-electron chi connectivity index (χ0n) is 10.1. The van der Waals surface area contributed by atoms with Crippen LogP contribution in [0, 0.1) is 5.82 Å². The van der Waals surface area contributed by atoms with E-state index >= 15 is 0 Å². The molecule has 0 spiro atoms. The quantitative estimate of drug-likeness (QED) is 0.845. The van der Waals surface area contributed by atoms with Crippen molar-refractivity contribution in [2.45, 2.75) is 6.42 Å². The second-order valence-corrected chi connectivity index (χ2v) is 4.43. The van der Waals surface area contributed by atoms with Gasteiger partial charge in [-0.25, -0.2) is 4.39 Å². The summed E-state index contributed by atoms with van der Waals surface area (Å²) in [5.74, 6) is 0.176. The first-order valence-electron chi connectivity index (χ1n) is 5.72. The molecular formula is C14H13ClFNO2. The van der Waals surface area contributed by atoms with E-state index in [1.165, 1.54) is 6.07 Å². The van der Waals surface area contributed by atoms with Gasteiger partial charge < -0.3 is 15.6 Å². The van der Waals surface area contributed by atoms with Crippen molar-refractivity contribution in [1.29, 1.82) is 0 Å². The predicted molar refractivity (Wildman–Crippen MR) is 73.1 cm³/mol. The number of nitrogens with two attached hydrogens (primary N) is 1. The molecule has 0 unspecified atom stereocenters. The maximum absolute atomic E-state index is 13.3. The molecule has 0 radical (unpaired) electrons. The minimum Gasteiger partial charge on any atom is -0.455 e. The normalized spacial score (nSPS) is 10.5. The Balaban J connectivity index is 2.19. The van der Waals surface area contributed by atoms with Crippen LogP contribution in [0.1, 0.15) is 5.56 Å². The monoisotopic (exact) mass is 281 g/mol. The number of benzene rings is 2. The summed E-state index contributed by atoms with van der Waals surface area (Å²) < 4.78 is 18.8. The molecule has 0 heterocycles. The highest BCUT2D eigenvalue weighted by Gasteiger charge is 2.08. The lowest BCUT2D eigenvalue weighted by molar-refractivity contribution is 0.299. The average Bonchev–Trinajstić information content (AvgIpc) is 2.38. The van der Waals surface area contributed by atoms with Crippen LogP contribution in [0.2, 0.25) is 5.02 Å². The Morgan fingerprint density at radius 1 is 1.21 bits per heavy atom. The number of anilines is 1. The van der Waals surface area contributed by atoms with E-state index in [0.717, 1.165) is 11.6 Å². The number of ether oxygens (including phenoxy) is 1. The Morgan fingerprint density at radius 3 is 2.53 bits per heavy atom. The number of halogens is 2. The fourth-order valence-corrected chi connectivity index (χ4v) is 1.78.